The number of hydrogen-bond donors (Lipinski definition) is 1. The van der Waals surface area contributed by atoms with Crippen molar-refractivity contribution < 1.29 is 8.42 Å². The van der Waals surface area contributed by atoms with Crippen LogP contribution < -0.4 is 4.72 Å². The van der Waals surface area contributed by atoms with E-state index >= 15 is 0 Å². The summed E-state index contributed by atoms with van der Waals surface area (Å²) >= 11 is 5.89. The summed E-state index contributed by atoms with van der Waals surface area (Å²) in [4.78, 5) is 8.68. The maximum Gasteiger partial charge on any atom is 0.241 e. The largest absolute Gasteiger partial charge is 0.288 e. The minimum atomic E-state index is -3.63. The fourth-order valence-corrected chi connectivity index (χ4v) is 3.96. The average molecular weight is 377 g/mol. The second-order valence-electron chi connectivity index (χ2n) is 5.60. The number of nitrogens with one attached hydrogen (secondary N) is 1. The Morgan fingerprint density at radius 1 is 1.12 bits per heavy atom. The van der Waals surface area contributed by atoms with E-state index in [1.165, 1.54) is 6.07 Å². The lowest BCUT2D eigenvalue weighted by molar-refractivity contribution is 0.580. The lowest BCUT2D eigenvalue weighted by atomic mass is 10.2. The summed E-state index contributed by atoms with van der Waals surface area (Å²) in [5.41, 5.74) is 1.40. The molecule has 1 N–H and O–H groups in total. The van der Waals surface area contributed by atoms with Gasteiger partial charge in [-0.2, -0.15) is 0 Å². The molecule has 0 aliphatic heterocycles. The summed E-state index contributed by atoms with van der Waals surface area (Å²) in [5, 5.41) is 0.505. The Morgan fingerprint density at radius 3 is 2.60 bits per heavy atom. The number of aryl methyl sites for hydroxylation is 2. The van der Waals surface area contributed by atoms with E-state index in [0.29, 0.717) is 16.4 Å². The molecule has 0 fully saturated rings. The minimum absolute atomic E-state index is 0.160. The zero-order chi connectivity index (χ0) is 18.0. The molecular weight excluding hydrogens is 360 g/mol. The zero-order valence-electron chi connectivity index (χ0n) is 13.8. The normalized spacial score (nSPS) is 11.6. The third-order valence-corrected chi connectivity index (χ3v) is 5.57. The fraction of sp³-hybridized carbons (Fsp3) is 0.176. The molecule has 2 heterocycles. The van der Waals surface area contributed by atoms with Crippen LogP contribution in [0.2, 0.25) is 5.02 Å². The van der Waals surface area contributed by atoms with Gasteiger partial charge in [0.15, 0.2) is 0 Å². The molecule has 0 amide bonds. The molecule has 3 aromatic rings. The van der Waals surface area contributed by atoms with Crippen molar-refractivity contribution in [2.75, 3.05) is 0 Å². The smallest absolute Gasteiger partial charge is 0.241 e. The predicted molar refractivity (Wildman–Crippen MR) is 96.3 cm³/mol. The summed E-state index contributed by atoms with van der Waals surface area (Å²) < 4.78 is 29.5. The van der Waals surface area contributed by atoms with Crippen LogP contribution in [-0.4, -0.2) is 23.0 Å². The van der Waals surface area contributed by atoms with Crippen LogP contribution in [0.25, 0.3) is 5.82 Å². The second kappa shape index (κ2) is 6.95. The number of halogens is 1. The molecule has 2 aromatic heterocycles. The van der Waals surface area contributed by atoms with Gasteiger partial charge < -0.3 is 0 Å². The Bertz CT molecular complexity index is 1010. The van der Waals surface area contributed by atoms with E-state index in [4.69, 9.17) is 11.6 Å². The van der Waals surface area contributed by atoms with Crippen molar-refractivity contribution in [1.82, 2.24) is 19.3 Å². The van der Waals surface area contributed by atoms with E-state index < -0.39 is 10.0 Å². The SMILES string of the molecule is Cc1cc(Cl)ccc1S(=O)(=O)NCc1ccnc(-n2ccnc2C)c1. The number of benzene rings is 1. The molecule has 3 rings (SSSR count). The van der Waals surface area contributed by atoms with Crippen LogP contribution in [-0.2, 0) is 16.6 Å². The number of imidazole rings is 1. The lowest BCUT2D eigenvalue weighted by Gasteiger charge is -2.11. The minimum Gasteiger partial charge on any atom is -0.288 e. The summed E-state index contributed by atoms with van der Waals surface area (Å²) in [7, 11) is -3.63. The van der Waals surface area contributed by atoms with Crippen molar-refractivity contribution in [2.24, 2.45) is 0 Å². The first-order valence-electron chi connectivity index (χ1n) is 7.58. The molecule has 0 saturated carbocycles. The van der Waals surface area contributed by atoms with Gasteiger partial charge in [0.1, 0.15) is 11.6 Å². The second-order valence-corrected chi connectivity index (χ2v) is 7.77. The third-order valence-electron chi connectivity index (χ3n) is 3.78. The molecule has 1 aromatic carbocycles. The van der Waals surface area contributed by atoms with Crippen molar-refractivity contribution in [3.05, 3.63) is 70.9 Å². The van der Waals surface area contributed by atoms with Gasteiger partial charge in [0.2, 0.25) is 10.0 Å². The maximum atomic E-state index is 12.5. The van der Waals surface area contributed by atoms with Crippen LogP contribution in [0.5, 0.6) is 0 Å². The molecule has 8 heteroatoms. The van der Waals surface area contributed by atoms with Gasteiger partial charge in [-0.15, -0.1) is 0 Å². The Labute approximate surface area is 151 Å². The summed E-state index contributed by atoms with van der Waals surface area (Å²) in [6, 6.07) is 8.30. The number of nitrogens with zero attached hydrogens (tertiary/aromatic N) is 3. The lowest BCUT2D eigenvalue weighted by Crippen LogP contribution is -2.24. The molecule has 0 radical (unpaired) electrons. The monoisotopic (exact) mass is 376 g/mol. The van der Waals surface area contributed by atoms with Crippen LogP contribution >= 0.6 is 11.6 Å². The Balaban J connectivity index is 1.80. The number of pyridine rings is 1. The van der Waals surface area contributed by atoms with Gasteiger partial charge in [0, 0.05) is 30.2 Å². The van der Waals surface area contributed by atoms with Crippen LogP contribution in [0, 0.1) is 13.8 Å². The van der Waals surface area contributed by atoms with Crippen molar-refractivity contribution in [3.63, 3.8) is 0 Å². The fourth-order valence-electron chi connectivity index (χ4n) is 2.49. The molecular formula is C17H17ClN4O2S. The van der Waals surface area contributed by atoms with Crippen LogP contribution in [0.4, 0.5) is 0 Å². The molecule has 25 heavy (non-hydrogen) atoms. The van der Waals surface area contributed by atoms with Gasteiger partial charge >= 0.3 is 0 Å². The highest BCUT2D eigenvalue weighted by Crippen LogP contribution is 2.20. The van der Waals surface area contributed by atoms with E-state index in [-0.39, 0.29) is 11.4 Å². The van der Waals surface area contributed by atoms with Crippen LogP contribution in [0.1, 0.15) is 17.0 Å². The van der Waals surface area contributed by atoms with Gasteiger partial charge in [0.25, 0.3) is 0 Å². The van der Waals surface area contributed by atoms with Crippen molar-refractivity contribution in [2.45, 2.75) is 25.3 Å². The Hall–Kier alpha value is -2.22. The van der Waals surface area contributed by atoms with Crippen molar-refractivity contribution in [1.29, 1.82) is 0 Å². The molecule has 0 bridgehead atoms. The van der Waals surface area contributed by atoms with Crippen LogP contribution in [0.3, 0.4) is 0 Å². The van der Waals surface area contributed by atoms with Gasteiger partial charge in [-0.05, 0) is 55.3 Å². The highest BCUT2D eigenvalue weighted by atomic mass is 35.5. The first-order valence-corrected chi connectivity index (χ1v) is 9.44. The first kappa shape index (κ1) is 17.6. The molecule has 0 aliphatic rings. The molecule has 0 atom stereocenters. The van der Waals surface area contributed by atoms with E-state index in [2.05, 4.69) is 14.7 Å². The van der Waals surface area contributed by atoms with E-state index in [1.807, 2.05) is 23.8 Å². The molecule has 130 valence electrons. The standard InChI is InChI=1S/C17H17ClN4O2S/c1-12-9-15(18)3-4-16(12)25(23,24)21-11-14-5-6-20-17(10-14)22-8-7-19-13(22)2/h3-10,21H,11H2,1-2H3. The highest BCUT2D eigenvalue weighted by Gasteiger charge is 2.16. The number of rotatable bonds is 5. The van der Waals surface area contributed by atoms with Crippen molar-refractivity contribution >= 4 is 21.6 Å². The molecule has 0 unspecified atom stereocenters. The molecule has 6 nitrogen and oxygen atoms in total. The van der Waals surface area contributed by atoms with Gasteiger partial charge in [-0.1, -0.05) is 11.6 Å². The van der Waals surface area contributed by atoms with Gasteiger partial charge in [-0.25, -0.2) is 23.1 Å². The number of sulfonamides is 1. The van der Waals surface area contributed by atoms with E-state index in [0.717, 1.165) is 11.4 Å². The molecule has 0 saturated heterocycles. The van der Waals surface area contributed by atoms with E-state index in [9.17, 15) is 8.42 Å². The number of aromatic nitrogens is 3. The van der Waals surface area contributed by atoms with Crippen molar-refractivity contribution in [3.8, 4) is 5.82 Å². The van der Waals surface area contributed by atoms with E-state index in [1.54, 1.807) is 37.5 Å². The summed E-state index contributed by atoms with van der Waals surface area (Å²) in [5.74, 6) is 1.50. The quantitative estimate of drug-likeness (QED) is 0.742. The topological polar surface area (TPSA) is 76.9 Å². The maximum absolute atomic E-state index is 12.5. The Kier molecular flexibility index (Phi) is 4.89. The summed E-state index contributed by atoms with van der Waals surface area (Å²) in [6.45, 7) is 3.75. The highest BCUT2D eigenvalue weighted by molar-refractivity contribution is 7.89. The van der Waals surface area contributed by atoms with Crippen LogP contribution in [0.15, 0.2) is 53.8 Å². The predicted octanol–water partition coefficient (Wildman–Crippen LogP) is 3.02. The average Bonchev–Trinajstić information content (AvgIpc) is 2.99. The molecule has 0 spiro atoms. The third kappa shape index (κ3) is 3.89. The molecule has 0 aliphatic carbocycles. The summed E-state index contributed by atoms with van der Waals surface area (Å²) in [6.07, 6.45) is 5.14. The number of hydrogen-bond acceptors (Lipinski definition) is 4. The first-order chi connectivity index (χ1) is 11.9. The van der Waals surface area contributed by atoms with Gasteiger partial charge in [0.05, 0.1) is 4.90 Å². The Morgan fingerprint density at radius 2 is 1.92 bits per heavy atom. The van der Waals surface area contributed by atoms with Gasteiger partial charge in [-0.3, -0.25) is 4.57 Å². The zero-order valence-corrected chi connectivity index (χ0v) is 15.3.